The first kappa shape index (κ1) is 29.0. The van der Waals surface area contributed by atoms with Gasteiger partial charge in [0.15, 0.2) is 11.6 Å². The van der Waals surface area contributed by atoms with Gasteiger partial charge in [-0.1, -0.05) is 6.07 Å². The van der Waals surface area contributed by atoms with Gasteiger partial charge in [-0.3, -0.25) is 9.29 Å². The normalized spacial score (nSPS) is 21.3. The molecule has 222 valence electrons. The molecule has 0 saturated carbocycles. The van der Waals surface area contributed by atoms with E-state index in [1.165, 1.54) is 14.2 Å². The Morgan fingerprint density at radius 3 is 2.41 bits per heavy atom. The van der Waals surface area contributed by atoms with Crippen molar-refractivity contribution < 1.29 is 31.8 Å². The Kier molecular flexibility index (Phi) is 8.56. The number of rotatable bonds is 10. The Morgan fingerprint density at radius 1 is 1.10 bits per heavy atom. The topological polar surface area (TPSA) is 143 Å². The van der Waals surface area contributed by atoms with Crippen molar-refractivity contribution in [2.75, 3.05) is 43.5 Å². The van der Waals surface area contributed by atoms with Crippen LogP contribution in [0, 0.1) is 5.82 Å². The number of hydrogen-bond donors (Lipinski definition) is 1. The van der Waals surface area contributed by atoms with Crippen molar-refractivity contribution in [3.8, 4) is 17.2 Å². The molecule has 2 saturated heterocycles. The first-order valence-electron chi connectivity index (χ1n) is 13.4. The van der Waals surface area contributed by atoms with Crippen LogP contribution in [0.15, 0.2) is 30.6 Å². The van der Waals surface area contributed by atoms with E-state index in [1.807, 2.05) is 13.8 Å². The average Bonchev–Trinajstić information content (AvgIpc) is 3.62. The molecule has 1 N–H and O–H groups in total. The van der Waals surface area contributed by atoms with Crippen LogP contribution < -0.4 is 19.1 Å². The third kappa shape index (κ3) is 6.21. The molecule has 0 bridgehead atoms. The molecular weight excluding hydrogens is 557 g/mol. The number of piperidine rings is 1. The van der Waals surface area contributed by atoms with E-state index < -0.39 is 27.2 Å². The highest BCUT2D eigenvalue weighted by atomic mass is 32.2. The lowest BCUT2D eigenvalue weighted by atomic mass is 10.1. The molecule has 1 unspecified atom stereocenters. The zero-order chi connectivity index (χ0) is 29.1. The highest BCUT2D eigenvalue weighted by Gasteiger charge is 2.39. The van der Waals surface area contributed by atoms with Crippen LogP contribution in [0.25, 0.3) is 5.69 Å². The van der Waals surface area contributed by atoms with Crippen molar-refractivity contribution in [1.82, 2.24) is 24.7 Å². The van der Waals surface area contributed by atoms with Gasteiger partial charge in [-0.15, -0.1) is 10.2 Å². The number of methoxy groups -OCH3 is 2. The molecule has 3 aromatic rings. The van der Waals surface area contributed by atoms with Crippen LogP contribution in [0.4, 0.5) is 16.3 Å². The molecule has 15 heteroatoms. The Labute approximate surface area is 238 Å². The van der Waals surface area contributed by atoms with Crippen LogP contribution in [-0.2, 0) is 19.5 Å². The first-order valence-corrected chi connectivity index (χ1v) is 14.9. The number of hydrogen-bond acceptors (Lipinski definition) is 11. The van der Waals surface area contributed by atoms with E-state index in [0.29, 0.717) is 42.6 Å². The molecule has 0 amide bonds. The summed E-state index contributed by atoms with van der Waals surface area (Å²) in [6, 6.07) is 5.25. The molecule has 3 atom stereocenters. The van der Waals surface area contributed by atoms with Gasteiger partial charge in [0.1, 0.15) is 28.5 Å². The number of aromatic nitrogens is 5. The second-order valence-corrected chi connectivity index (χ2v) is 12.1. The molecule has 5 rings (SSSR count). The lowest BCUT2D eigenvalue weighted by Crippen LogP contribution is -2.51. The van der Waals surface area contributed by atoms with Crippen LogP contribution in [-0.4, -0.2) is 84.5 Å². The SMILES string of the molecule is COc1cccc(OC)c1-n1c(NS(=O)(=O)[C@H]2C[C@H](OC(C)C)CN(c3ncc(F)cn3)C2)nnc1C1CCCO1. The molecule has 1 aromatic carbocycles. The molecule has 0 radical (unpaired) electrons. The maximum absolute atomic E-state index is 14.0. The molecule has 0 aliphatic carbocycles. The van der Waals surface area contributed by atoms with Gasteiger partial charge in [-0.2, -0.15) is 0 Å². The third-order valence-corrected chi connectivity index (χ3v) is 8.62. The lowest BCUT2D eigenvalue weighted by molar-refractivity contribution is 0.00147. The summed E-state index contributed by atoms with van der Waals surface area (Å²) in [7, 11) is -1.05. The van der Waals surface area contributed by atoms with Crippen molar-refractivity contribution in [3.05, 3.63) is 42.2 Å². The van der Waals surface area contributed by atoms with Crippen LogP contribution in [0.1, 0.15) is 45.0 Å². The molecule has 2 aromatic heterocycles. The highest BCUT2D eigenvalue weighted by Crippen LogP contribution is 2.39. The minimum atomic E-state index is -4.08. The second-order valence-electron chi connectivity index (χ2n) is 10.1. The summed E-state index contributed by atoms with van der Waals surface area (Å²) in [6.45, 7) is 4.73. The maximum atomic E-state index is 14.0. The largest absolute Gasteiger partial charge is 0.494 e. The van der Waals surface area contributed by atoms with Gasteiger partial charge in [0.25, 0.3) is 0 Å². The summed E-state index contributed by atoms with van der Waals surface area (Å²) in [4.78, 5) is 9.80. The molecule has 2 fully saturated rings. The molecule has 13 nitrogen and oxygen atoms in total. The van der Waals surface area contributed by atoms with Gasteiger partial charge in [-0.05, 0) is 45.2 Å². The smallest absolute Gasteiger partial charge is 0.243 e. The Morgan fingerprint density at radius 2 is 1.80 bits per heavy atom. The van der Waals surface area contributed by atoms with Gasteiger partial charge in [0.2, 0.25) is 21.9 Å². The zero-order valence-electron chi connectivity index (χ0n) is 23.4. The van der Waals surface area contributed by atoms with Gasteiger partial charge in [0.05, 0.1) is 38.8 Å². The van der Waals surface area contributed by atoms with Crippen molar-refractivity contribution in [2.45, 2.75) is 56.7 Å². The summed E-state index contributed by atoms with van der Waals surface area (Å²) in [6.07, 6.45) is 2.89. The number of para-hydroxylation sites is 1. The summed E-state index contributed by atoms with van der Waals surface area (Å²) in [5, 5.41) is 7.64. The van der Waals surface area contributed by atoms with Crippen LogP contribution in [0.2, 0.25) is 0 Å². The van der Waals surface area contributed by atoms with E-state index in [1.54, 1.807) is 27.7 Å². The first-order chi connectivity index (χ1) is 19.7. The van der Waals surface area contributed by atoms with Crippen molar-refractivity contribution in [3.63, 3.8) is 0 Å². The van der Waals surface area contributed by atoms with Crippen LogP contribution >= 0.6 is 0 Å². The van der Waals surface area contributed by atoms with Crippen LogP contribution in [0.3, 0.4) is 0 Å². The fourth-order valence-corrected chi connectivity index (χ4v) is 6.58. The van der Waals surface area contributed by atoms with Crippen molar-refractivity contribution >= 4 is 21.9 Å². The van der Waals surface area contributed by atoms with E-state index in [0.717, 1.165) is 18.8 Å². The monoisotopic (exact) mass is 591 g/mol. The highest BCUT2D eigenvalue weighted by molar-refractivity contribution is 7.93. The van der Waals surface area contributed by atoms with Gasteiger partial charge in [0, 0.05) is 19.7 Å². The fourth-order valence-electron chi connectivity index (χ4n) is 5.18. The van der Waals surface area contributed by atoms with Crippen molar-refractivity contribution in [2.24, 2.45) is 0 Å². The maximum Gasteiger partial charge on any atom is 0.243 e. The van der Waals surface area contributed by atoms with Gasteiger partial charge in [-0.25, -0.2) is 22.8 Å². The van der Waals surface area contributed by atoms with E-state index in [9.17, 15) is 12.8 Å². The Balaban J connectivity index is 1.52. The summed E-state index contributed by atoms with van der Waals surface area (Å²) in [5.74, 6) is 0.896. The number of ether oxygens (including phenoxy) is 4. The number of nitrogens with zero attached hydrogens (tertiary/aromatic N) is 6. The number of sulfonamides is 1. The number of nitrogens with one attached hydrogen (secondary N) is 1. The quantitative estimate of drug-likeness (QED) is 0.372. The van der Waals surface area contributed by atoms with Crippen molar-refractivity contribution in [1.29, 1.82) is 0 Å². The molecule has 2 aliphatic rings. The summed E-state index contributed by atoms with van der Waals surface area (Å²) in [5.41, 5.74) is 0.441. The second kappa shape index (κ2) is 12.1. The third-order valence-electron chi connectivity index (χ3n) is 6.93. The standard InChI is InChI=1S/C26H34FN7O6S/c1-16(2)40-18-11-19(15-33(14-18)25-28-12-17(27)13-29-25)41(35,36)32-26-31-30-24(22-9-6-10-39-22)34(26)23-20(37-3)7-5-8-21(23)38-4/h5,7-8,12-13,16,18-19,22H,6,9-11,14-15H2,1-4H3,(H,31,32)/t18-,19-,22?/m0/s1. The van der Waals surface area contributed by atoms with Gasteiger partial charge < -0.3 is 23.8 Å². The summed E-state index contributed by atoms with van der Waals surface area (Å²) < 4.78 is 68.8. The van der Waals surface area contributed by atoms with E-state index >= 15 is 0 Å². The molecular formula is C26H34FN7O6S. The van der Waals surface area contributed by atoms with E-state index in [-0.39, 0.29) is 37.1 Å². The number of halogens is 1. The molecule has 2 aliphatic heterocycles. The van der Waals surface area contributed by atoms with E-state index in [4.69, 9.17) is 18.9 Å². The van der Waals surface area contributed by atoms with E-state index in [2.05, 4.69) is 24.9 Å². The minimum absolute atomic E-state index is 0.0326. The van der Waals surface area contributed by atoms with Gasteiger partial charge >= 0.3 is 0 Å². The Hall–Kier alpha value is -3.56. The molecule has 0 spiro atoms. The fraction of sp³-hybridized carbons (Fsp3) is 0.538. The predicted molar refractivity (Wildman–Crippen MR) is 148 cm³/mol. The number of anilines is 2. The lowest BCUT2D eigenvalue weighted by Gasteiger charge is -2.37. The Bertz CT molecular complexity index is 1420. The number of benzene rings is 1. The van der Waals surface area contributed by atoms with Crippen LogP contribution in [0.5, 0.6) is 11.5 Å². The predicted octanol–water partition coefficient (Wildman–Crippen LogP) is 2.88. The average molecular weight is 592 g/mol. The minimum Gasteiger partial charge on any atom is -0.494 e. The zero-order valence-corrected chi connectivity index (χ0v) is 24.2. The summed E-state index contributed by atoms with van der Waals surface area (Å²) >= 11 is 0. The molecule has 4 heterocycles. The molecule has 41 heavy (non-hydrogen) atoms.